The molecule has 0 unspecified atom stereocenters. The fourth-order valence-corrected chi connectivity index (χ4v) is 3.41. The second kappa shape index (κ2) is 7.41. The lowest BCUT2D eigenvalue weighted by Crippen LogP contribution is -2.37. The molecule has 0 radical (unpaired) electrons. The first-order valence-corrected chi connectivity index (χ1v) is 8.61. The van der Waals surface area contributed by atoms with Gasteiger partial charge in [-0.2, -0.15) is 0 Å². The molecule has 0 aliphatic rings. The number of hydrogen-bond acceptors (Lipinski definition) is 3. The predicted molar refractivity (Wildman–Crippen MR) is 81.4 cm³/mol. The number of hydrogen-bond donors (Lipinski definition) is 2. The minimum absolute atomic E-state index is 0.0599. The van der Waals surface area contributed by atoms with E-state index in [9.17, 15) is 8.42 Å². The number of nitrogens with one attached hydrogen (secondary N) is 1. The molecule has 0 spiro atoms. The van der Waals surface area contributed by atoms with Crippen LogP contribution in [-0.2, 0) is 10.0 Å². The van der Waals surface area contributed by atoms with Gasteiger partial charge >= 0.3 is 0 Å². The topological polar surface area (TPSA) is 66.4 Å². The summed E-state index contributed by atoms with van der Waals surface area (Å²) in [5.74, 6) is 0. The minimum atomic E-state index is -3.54. The molecule has 0 saturated heterocycles. The number of rotatable bonds is 8. The Bertz CT molecular complexity index is 510. The Labute approximate surface area is 126 Å². The van der Waals surface area contributed by atoms with Crippen LogP contribution in [0.1, 0.15) is 33.1 Å². The van der Waals surface area contributed by atoms with Crippen molar-refractivity contribution in [3.8, 4) is 0 Å². The summed E-state index contributed by atoms with van der Waals surface area (Å²) in [4.78, 5) is 0.201. The van der Waals surface area contributed by atoms with Gasteiger partial charge in [-0.25, -0.2) is 13.1 Å². The van der Waals surface area contributed by atoms with Crippen molar-refractivity contribution in [1.29, 1.82) is 0 Å². The van der Waals surface area contributed by atoms with E-state index in [-0.39, 0.29) is 16.9 Å². The maximum Gasteiger partial charge on any atom is 0.240 e. The first-order valence-electron chi connectivity index (χ1n) is 6.75. The molecule has 2 N–H and O–H groups in total. The van der Waals surface area contributed by atoms with Crippen LogP contribution in [0, 0.1) is 5.41 Å². The van der Waals surface area contributed by atoms with Gasteiger partial charge in [0.05, 0.1) is 4.90 Å². The SMILES string of the molecule is CCC(CC)(CCO)CNS(=O)(=O)c1ccc(Cl)cc1. The average Bonchev–Trinajstić information content (AvgIpc) is 2.44. The van der Waals surface area contributed by atoms with Gasteiger partial charge in [0.25, 0.3) is 0 Å². The molecule has 0 fully saturated rings. The molecule has 1 aromatic rings. The van der Waals surface area contributed by atoms with Crippen molar-refractivity contribution < 1.29 is 13.5 Å². The van der Waals surface area contributed by atoms with Gasteiger partial charge in [-0.3, -0.25) is 0 Å². The van der Waals surface area contributed by atoms with E-state index in [1.807, 2.05) is 13.8 Å². The van der Waals surface area contributed by atoms with E-state index in [4.69, 9.17) is 16.7 Å². The summed E-state index contributed by atoms with van der Waals surface area (Å²) in [5.41, 5.74) is -0.200. The Morgan fingerprint density at radius 1 is 1.20 bits per heavy atom. The number of aliphatic hydroxyl groups is 1. The van der Waals surface area contributed by atoms with Crippen LogP contribution in [-0.4, -0.2) is 26.7 Å². The molecule has 0 saturated carbocycles. The summed E-state index contributed by atoms with van der Waals surface area (Å²) < 4.78 is 27.1. The Morgan fingerprint density at radius 3 is 2.20 bits per heavy atom. The third-order valence-electron chi connectivity index (χ3n) is 3.90. The smallest absolute Gasteiger partial charge is 0.240 e. The van der Waals surface area contributed by atoms with Crippen molar-refractivity contribution >= 4 is 21.6 Å². The molecule has 0 atom stereocenters. The molecular formula is C14H22ClNO3S. The van der Waals surface area contributed by atoms with Gasteiger partial charge in [-0.05, 0) is 48.9 Å². The third kappa shape index (κ3) is 4.45. The van der Waals surface area contributed by atoms with E-state index in [1.165, 1.54) is 12.1 Å². The molecule has 114 valence electrons. The summed E-state index contributed by atoms with van der Waals surface area (Å²) in [6.07, 6.45) is 2.21. The van der Waals surface area contributed by atoms with Crippen LogP contribution in [0.5, 0.6) is 0 Å². The highest BCUT2D eigenvalue weighted by Crippen LogP contribution is 2.30. The van der Waals surface area contributed by atoms with Gasteiger partial charge in [0, 0.05) is 18.2 Å². The number of sulfonamides is 1. The quantitative estimate of drug-likeness (QED) is 0.774. The Morgan fingerprint density at radius 2 is 1.75 bits per heavy atom. The predicted octanol–water partition coefficient (Wildman–Crippen LogP) is 2.81. The van der Waals surface area contributed by atoms with Crippen LogP contribution in [0.25, 0.3) is 0 Å². The first kappa shape index (κ1) is 17.4. The third-order valence-corrected chi connectivity index (χ3v) is 5.57. The van der Waals surface area contributed by atoms with Crippen molar-refractivity contribution in [2.24, 2.45) is 5.41 Å². The fraction of sp³-hybridized carbons (Fsp3) is 0.571. The standard InChI is InChI=1S/C14H22ClNO3S/c1-3-14(4-2,9-10-17)11-16-20(18,19)13-7-5-12(15)6-8-13/h5-8,16-17H,3-4,9-11H2,1-2H3. The van der Waals surface area contributed by atoms with Gasteiger partial charge in [0.15, 0.2) is 0 Å². The summed E-state index contributed by atoms with van der Waals surface area (Å²) in [5, 5.41) is 9.65. The lowest BCUT2D eigenvalue weighted by Gasteiger charge is -2.31. The second-order valence-electron chi connectivity index (χ2n) is 4.96. The summed E-state index contributed by atoms with van der Waals surface area (Å²) >= 11 is 5.75. The highest BCUT2D eigenvalue weighted by molar-refractivity contribution is 7.89. The van der Waals surface area contributed by atoms with E-state index in [0.29, 0.717) is 18.0 Å². The van der Waals surface area contributed by atoms with E-state index in [2.05, 4.69) is 4.72 Å². The summed E-state index contributed by atoms with van der Waals surface area (Å²) in [6, 6.07) is 6.07. The van der Waals surface area contributed by atoms with Crippen molar-refractivity contribution in [3.05, 3.63) is 29.3 Å². The average molecular weight is 320 g/mol. The Hall–Kier alpha value is -0.620. The molecule has 6 heteroatoms. The molecule has 0 aromatic heterocycles. The molecule has 0 aliphatic carbocycles. The number of benzene rings is 1. The maximum atomic E-state index is 12.2. The molecule has 20 heavy (non-hydrogen) atoms. The zero-order chi connectivity index (χ0) is 15.2. The molecule has 4 nitrogen and oxygen atoms in total. The van der Waals surface area contributed by atoms with E-state index in [1.54, 1.807) is 12.1 Å². The summed E-state index contributed by atoms with van der Waals surface area (Å²) in [6.45, 7) is 4.40. The van der Waals surface area contributed by atoms with Gasteiger partial charge < -0.3 is 5.11 Å². The highest BCUT2D eigenvalue weighted by atomic mass is 35.5. The van der Waals surface area contributed by atoms with E-state index in [0.717, 1.165) is 12.8 Å². The fourth-order valence-electron chi connectivity index (χ4n) is 2.12. The van der Waals surface area contributed by atoms with Crippen molar-refractivity contribution in [2.45, 2.75) is 38.0 Å². The lowest BCUT2D eigenvalue weighted by molar-refractivity contribution is 0.170. The molecule has 0 bridgehead atoms. The Kier molecular flexibility index (Phi) is 6.45. The van der Waals surface area contributed by atoms with Gasteiger partial charge in [-0.15, -0.1) is 0 Å². The van der Waals surface area contributed by atoms with Crippen LogP contribution in [0.3, 0.4) is 0 Å². The molecule has 0 amide bonds. The van der Waals surface area contributed by atoms with E-state index < -0.39 is 10.0 Å². The monoisotopic (exact) mass is 319 g/mol. The molecule has 0 heterocycles. The van der Waals surface area contributed by atoms with Gasteiger partial charge in [-0.1, -0.05) is 25.4 Å². The molecule has 1 aromatic carbocycles. The number of halogens is 1. The van der Waals surface area contributed by atoms with Crippen molar-refractivity contribution in [1.82, 2.24) is 4.72 Å². The Balaban J connectivity index is 2.83. The van der Waals surface area contributed by atoms with Crippen molar-refractivity contribution in [2.75, 3.05) is 13.2 Å². The van der Waals surface area contributed by atoms with Crippen LogP contribution < -0.4 is 4.72 Å². The zero-order valence-corrected chi connectivity index (χ0v) is 13.5. The maximum absolute atomic E-state index is 12.2. The normalized spacial score (nSPS) is 12.6. The second-order valence-corrected chi connectivity index (χ2v) is 7.16. The molecule has 1 rings (SSSR count). The molecule has 0 aliphatic heterocycles. The first-order chi connectivity index (χ1) is 9.39. The van der Waals surface area contributed by atoms with Crippen LogP contribution >= 0.6 is 11.6 Å². The largest absolute Gasteiger partial charge is 0.396 e. The molecular weight excluding hydrogens is 298 g/mol. The van der Waals surface area contributed by atoms with Crippen molar-refractivity contribution in [3.63, 3.8) is 0 Å². The number of aliphatic hydroxyl groups excluding tert-OH is 1. The van der Waals surface area contributed by atoms with Crippen LogP contribution in [0.15, 0.2) is 29.2 Å². The van der Waals surface area contributed by atoms with Crippen LogP contribution in [0.4, 0.5) is 0 Å². The van der Waals surface area contributed by atoms with Gasteiger partial charge in [0.2, 0.25) is 10.0 Å². The summed E-state index contributed by atoms with van der Waals surface area (Å²) in [7, 11) is -3.54. The van der Waals surface area contributed by atoms with Gasteiger partial charge in [0.1, 0.15) is 0 Å². The highest BCUT2D eigenvalue weighted by Gasteiger charge is 2.28. The van der Waals surface area contributed by atoms with E-state index >= 15 is 0 Å². The lowest BCUT2D eigenvalue weighted by atomic mass is 9.80. The van der Waals surface area contributed by atoms with Crippen LogP contribution in [0.2, 0.25) is 5.02 Å². The minimum Gasteiger partial charge on any atom is -0.396 e. The zero-order valence-electron chi connectivity index (χ0n) is 11.9.